The van der Waals surface area contributed by atoms with Crippen molar-refractivity contribution in [3.05, 3.63) is 102 Å². The van der Waals surface area contributed by atoms with E-state index in [0.29, 0.717) is 40.3 Å². The van der Waals surface area contributed by atoms with E-state index in [1.54, 1.807) is 28.9 Å². The Labute approximate surface area is 177 Å². The quantitative estimate of drug-likeness (QED) is 0.410. The van der Waals surface area contributed by atoms with Crippen molar-refractivity contribution >= 4 is 11.3 Å². The van der Waals surface area contributed by atoms with Crippen LogP contribution in [0.2, 0.25) is 0 Å². The molecule has 5 aromatic rings. The van der Waals surface area contributed by atoms with Gasteiger partial charge in [-0.15, -0.1) is 0 Å². The van der Waals surface area contributed by atoms with Gasteiger partial charge in [0.05, 0.1) is 18.4 Å². The Kier molecular flexibility index (Phi) is 4.63. The Morgan fingerprint density at radius 3 is 2.71 bits per heavy atom. The second-order valence-corrected chi connectivity index (χ2v) is 7.33. The number of nitrogens with two attached hydrogens (primary N) is 1. The summed E-state index contributed by atoms with van der Waals surface area (Å²) in [5, 5.41) is 10.7. The highest BCUT2D eigenvalue weighted by atomic mass is 19.1. The Hall–Kier alpha value is -4.13. The molecule has 7 heteroatoms. The predicted octanol–water partition coefficient (Wildman–Crippen LogP) is 4.60. The average Bonchev–Trinajstić information content (AvgIpc) is 3.37. The van der Waals surface area contributed by atoms with Gasteiger partial charge in [-0.05, 0) is 29.8 Å². The van der Waals surface area contributed by atoms with Crippen molar-refractivity contribution in [3.8, 4) is 17.0 Å². The molecule has 6 nitrogen and oxygen atoms in total. The number of nitrogen functional groups attached to an aromatic ring is 1. The molecule has 0 amide bonds. The smallest absolute Gasteiger partial charge is 0.219 e. The van der Waals surface area contributed by atoms with E-state index in [1.807, 2.05) is 30.3 Å². The van der Waals surface area contributed by atoms with Gasteiger partial charge in [-0.25, -0.2) is 9.37 Å². The maximum atomic E-state index is 14.2. The van der Waals surface area contributed by atoms with Crippen molar-refractivity contribution in [1.29, 1.82) is 0 Å². The monoisotopic (exact) mass is 414 g/mol. The molecule has 0 saturated heterocycles. The first-order chi connectivity index (χ1) is 15.1. The minimum atomic E-state index is -0.381. The van der Waals surface area contributed by atoms with Crippen molar-refractivity contribution in [1.82, 2.24) is 14.4 Å². The topological polar surface area (TPSA) is 89.6 Å². The van der Waals surface area contributed by atoms with Crippen LogP contribution in [0.15, 0.2) is 77.7 Å². The SMILES string of the molecule is Nc1ccc(F)c(-c2coc(Cc3nc4c(Cc5ccccc5)nccn4c3O)c2)c1. The van der Waals surface area contributed by atoms with E-state index in [4.69, 9.17) is 10.2 Å². The number of rotatable bonds is 5. The molecule has 0 saturated carbocycles. The predicted molar refractivity (Wildman–Crippen MR) is 115 cm³/mol. The Morgan fingerprint density at radius 2 is 1.87 bits per heavy atom. The van der Waals surface area contributed by atoms with Gasteiger partial charge in [-0.2, -0.15) is 0 Å². The molecule has 0 unspecified atom stereocenters. The van der Waals surface area contributed by atoms with Gasteiger partial charge in [0.1, 0.15) is 17.3 Å². The number of anilines is 1. The number of aromatic hydroxyl groups is 1. The van der Waals surface area contributed by atoms with Crippen molar-refractivity contribution in [3.63, 3.8) is 0 Å². The summed E-state index contributed by atoms with van der Waals surface area (Å²) in [6.07, 6.45) is 5.64. The van der Waals surface area contributed by atoms with Gasteiger partial charge in [0.15, 0.2) is 5.65 Å². The summed E-state index contributed by atoms with van der Waals surface area (Å²) in [7, 11) is 0. The van der Waals surface area contributed by atoms with E-state index in [-0.39, 0.29) is 18.1 Å². The molecule has 5 rings (SSSR count). The number of hydrogen-bond donors (Lipinski definition) is 2. The maximum absolute atomic E-state index is 14.2. The number of imidazole rings is 1. The summed E-state index contributed by atoms with van der Waals surface area (Å²) in [6, 6.07) is 16.1. The zero-order chi connectivity index (χ0) is 21.4. The van der Waals surface area contributed by atoms with Crippen LogP contribution in [0.4, 0.5) is 10.1 Å². The molecule has 0 radical (unpaired) electrons. The zero-order valence-electron chi connectivity index (χ0n) is 16.5. The number of fused-ring (bicyclic) bond motifs is 1. The summed E-state index contributed by atoms with van der Waals surface area (Å²) in [5.74, 6) is 0.196. The third-order valence-corrected chi connectivity index (χ3v) is 5.17. The van der Waals surface area contributed by atoms with E-state index in [9.17, 15) is 9.50 Å². The molecule has 3 heterocycles. The third-order valence-electron chi connectivity index (χ3n) is 5.17. The summed E-state index contributed by atoms with van der Waals surface area (Å²) in [4.78, 5) is 9.07. The van der Waals surface area contributed by atoms with Gasteiger partial charge in [-0.3, -0.25) is 9.38 Å². The largest absolute Gasteiger partial charge is 0.493 e. The fourth-order valence-corrected chi connectivity index (χ4v) is 3.64. The molecule has 0 aliphatic carbocycles. The van der Waals surface area contributed by atoms with Crippen molar-refractivity contribution in [2.75, 3.05) is 5.73 Å². The van der Waals surface area contributed by atoms with Crippen LogP contribution in [0.25, 0.3) is 16.8 Å². The van der Waals surface area contributed by atoms with E-state index in [1.165, 1.54) is 18.4 Å². The average molecular weight is 414 g/mol. The molecule has 0 spiro atoms. The summed E-state index contributed by atoms with van der Waals surface area (Å²) >= 11 is 0. The summed E-state index contributed by atoms with van der Waals surface area (Å²) in [6.45, 7) is 0. The molecule has 0 fully saturated rings. The lowest BCUT2D eigenvalue weighted by Gasteiger charge is -2.03. The van der Waals surface area contributed by atoms with Gasteiger partial charge >= 0.3 is 0 Å². The van der Waals surface area contributed by atoms with Crippen LogP contribution in [-0.2, 0) is 12.8 Å². The first-order valence-corrected chi connectivity index (χ1v) is 9.79. The Morgan fingerprint density at radius 1 is 1.03 bits per heavy atom. The lowest BCUT2D eigenvalue weighted by Crippen LogP contribution is -1.97. The number of benzene rings is 2. The minimum absolute atomic E-state index is 0.0276. The third kappa shape index (κ3) is 3.61. The first kappa shape index (κ1) is 18.9. The van der Waals surface area contributed by atoms with Crippen LogP contribution in [-0.4, -0.2) is 19.5 Å². The minimum Gasteiger partial charge on any atom is -0.493 e. The second kappa shape index (κ2) is 7.60. The normalized spacial score (nSPS) is 11.3. The van der Waals surface area contributed by atoms with Crippen LogP contribution >= 0.6 is 0 Å². The highest BCUT2D eigenvalue weighted by Gasteiger charge is 2.17. The Balaban J connectivity index is 1.46. The molecule has 0 atom stereocenters. The standard InChI is InChI=1S/C24H19FN4O2/c25-20-7-6-17(26)12-19(20)16-11-18(31-14-16)13-22-24(30)29-9-8-27-21(23(29)28-22)10-15-4-2-1-3-5-15/h1-9,11-12,14,30H,10,13,26H2. The molecular formula is C24H19FN4O2. The Bertz CT molecular complexity index is 1380. The molecule has 3 N–H and O–H groups in total. The van der Waals surface area contributed by atoms with Crippen LogP contribution in [0.1, 0.15) is 22.7 Å². The molecule has 3 aromatic heterocycles. The van der Waals surface area contributed by atoms with Gasteiger partial charge in [0, 0.05) is 35.6 Å². The van der Waals surface area contributed by atoms with Crippen molar-refractivity contribution in [2.24, 2.45) is 0 Å². The van der Waals surface area contributed by atoms with E-state index < -0.39 is 0 Å². The number of furan rings is 1. The molecule has 0 aliphatic rings. The fourth-order valence-electron chi connectivity index (χ4n) is 3.64. The maximum Gasteiger partial charge on any atom is 0.219 e. The fraction of sp³-hybridized carbons (Fsp3) is 0.0833. The zero-order valence-corrected chi connectivity index (χ0v) is 16.5. The van der Waals surface area contributed by atoms with Crippen LogP contribution < -0.4 is 5.73 Å². The first-order valence-electron chi connectivity index (χ1n) is 9.79. The number of halogens is 1. The number of aromatic nitrogens is 3. The highest BCUT2D eigenvalue weighted by molar-refractivity contribution is 5.67. The summed E-state index contributed by atoms with van der Waals surface area (Å²) < 4.78 is 21.4. The van der Waals surface area contributed by atoms with Crippen molar-refractivity contribution in [2.45, 2.75) is 12.8 Å². The second-order valence-electron chi connectivity index (χ2n) is 7.33. The molecule has 0 aliphatic heterocycles. The lowest BCUT2D eigenvalue weighted by atomic mass is 10.1. The van der Waals surface area contributed by atoms with E-state index in [2.05, 4.69) is 9.97 Å². The van der Waals surface area contributed by atoms with E-state index in [0.717, 1.165) is 11.3 Å². The van der Waals surface area contributed by atoms with Gasteiger partial charge in [0.2, 0.25) is 5.88 Å². The van der Waals surface area contributed by atoms with E-state index >= 15 is 0 Å². The van der Waals surface area contributed by atoms with Crippen LogP contribution in [0.5, 0.6) is 5.88 Å². The molecule has 31 heavy (non-hydrogen) atoms. The molecule has 0 bridgehead atoms. The van der Waals surface area contributed by atoms with Crippen molar-refractivity contribution < 1.29 is 13.9 Å². The summed E-state index contributed by atoms with van der Waals surface area (Å²) in [5.41, 5.74) is 10.1. The lowest BCUT2D eigenvalue weighted by molar-refractivity contribution is 0.438. The molecule has 2 aromatic carbocycles. The van der Waals surface area contributed by atoms with Gasteiger partial charge in [0.25, 0.3) is 0 Å². The molecule has 154 valence electrons. The van der Waals surface area contributed by atoms with Gasteiger partial charge in [-0.1, -0.05) is 30.3 Å². The van der Waals surface area contributed by atoms with Gasteiger partial charge < -0.3 is 15.3 Å². The highest BCUT2D eigenvalue weighted by Crippen LogP contribution is 2.29. The molecular weight excluding hydrogens is 395 g/mol. The van der Waals surface area contributed by atoms with Crippen LogP contribution in [0, 0.1) is 5.82 Å². The van der Waals surface area contributed by atoms with Crippen LogP contribution in [0.3, 0.4) is 0 Å². The number of hydrogen-bond acceptors (Lipinski definition) is 5. The number of nitrogens with zero attached hydrogens (tertiary/aromatic N) is 3.